The molecule has 0 aliphatic heterocycles. The maximum Gasteiger partial charge on any atom is 0.265 e. The monoisotopic (exact) mass is 513 g/mol. The highest BCUT2D eigenvalue weighted by Crippen LogP contribution is 2.28. The number of carbonyl (C=O) groups is 2. The molecule has 9 nitrogen and oxygen atoms in total. The van der Waals surface area contributed by atoms with Crippen LogP contribution in [0.5, 0.6) is 17.2 Å². The van der Waals surface area contributed by atoms with E-state index in [1.165, 1.54) is 13.3 Å². The van der Waals surface area contributed by atoms with Gasteiger partial charge < -0.3 is 29.7 Å². The van der Waals surface area contributed by atoms with Crippen LogP contribution in [0.15, 0.2) is 90.1 Å². The average Bonchev–Trinajstić information content (AvgIpc) is 2.95. The predicted octanol–water partition coefficient (Wildman–Crippen LogP) is 4.86. The highest BCUT2D eigenvalue weighted by Gasteiger charge is 2.10. The van der Waals surface area contributed by atoms with E-state index >= 15 is 0 Å². The molecule has 0 saturated carbocycles. The van der Waals surface area contributed by atoms with Gasteiger partial charge >= 0.3 is 0 Å². The van der Waals surface area contributed by atoms with Crippen LogP contribution in [0, 0.1) is 0 Å². The second-order valence-electron chi connectivity index (χ2n) is 8.06. The Morgan fingerprint density at radius 1 is 0.789 bits per heavy atom. The summed E-state index contributed by atoms with van der Waals surface area (Å²) in [6, 6.07) is 25.5. The normalized spacial score (nSPS) is 10.7. The number of nitrogens with zero attached hydrogens (tertiary/aromatic N) is 1. The lowest BCUT2D eigenvalue weighted by Gasteiger charge is -2.11. The van der Waals surface area contributed by atoms with E-state index < -0.39 is 0 Å². The summed E-state index contributed by atoms with van der Waals surface area (Å²) in [6.07, 6.45) is 1.45. The Morgan fingerprint density at radius 2 is 1.55 bits per heavy atom. The fraction of sp³-hybridized carbons (Fsp3) is 0.138. The maximum absolute atomic E-state index is 12.3. The Morgan fingerprint density at radius 3 is 2.34 bits per heavy atom. The van der Waals surface area contributed by atoms with Crippen molar-refractivity contribution in [2.24, 2.45) is 5.16 Å². The minimum atomic E-state index is -0.326. The smallest absolute Gasteiger partial charge is 0.265 e. The van der Waals surface area contributed by atoms with Gasteiger partial charge in [0.25, 0.3) is 11.8 Å². The van der Waals surface area contributed by atoms with Crippen molar-refractivity contribution in [3.05, 3.63) is 90.5 Å². The molecular weight excluding hydrogens is 486 g/mol. The van der Waals surface area contributed by atoms with Crippen molar-refractivity contribution in [3.8, 4) is 17.2 Å². The second kappa shape index (κ2) is 12.8. The molecule has 0 heterocycles. The van der Waals surface area contributed by atoms with Crippen LogP contribution >= 0.6 is 0 Å². The van der Waals surface area contributed by atoms with Crippen molar-refractivity contribution >= 4 is 40.2 Å². The van der Waals surface area contributed by atoms with E-state index in [-0.39, 0.29) is 25.0 Å². The van der Waals surface area contributed by atoms with E-state index in [0.717, 1.165) is 10.8 Å². The Balaban J connectivity index is 1.26. The molecule has 38 heavy (non-hydrogen) atoms. The number of anilines is 2. The van der Waals surface area contributed by atoms with Gasteiger partial charge in [-0.1, -0.05) is 41.6 Å². The van der Waals surface area contributed by atoms with Crippen molar-refractivity contribution in [2.45, 2.75) is 0 Å². The van der Waals surface area contributed by atoms with Gasteiger partial charge in [0, 0.05) is 22.3 Å². The first kappa shape index (κ1) is 26.0. The van der Waals surface area contributed by atoms with Crippen LogP contribution in [-0.4, -0.2) is 45.5 Å². The molecule has 0 saturated heterocycles. The number of methoxy groups -OCH3 is 2. The summed E-state index contributed by atoms with van der Waals surface area (Å²) in [5, 5.41) is 11.4. The highest BCUT2D eigenvalue weighted by atomic mass is 16.6. The Labute approximate surface area is 220 Å². The quantitative estimate of drug-likeness (QED) is 0.219. The molecule has 0 bridgehead atoms. The van der Waals surface area contributed by atoms with Gasteiger partial charge in [0.1, 0.15) is 5.75 Å². The molecule has 2 N–H and O–H groups in total. The number of fused-ring (bicyclic) bond motifs is 1. The number of amides is 2. The predicted molar refractivity (Wildman–Crippen MR) is 146 cm³/mol. The summed E-state index contributed by atoms with van der Waals surface area (Å²) < 4.78 is 16.1. The molecule has 0 spiro atoms. The topological polar surface area (TPSA) is 107 Å². The van der Waals surface area contributed by atoms with Gasteiger partial charge in [-0.05, 0) is 53.9 Å². The maximum atomic E-state index is 12.3. The molecule has 4 aromatic carbocycles. The van der Waals surface area contributed by atoms with Crippen molar-refractivity contribution in [1.82, 2.24) is 0 Å². The van der Waals surface area contributed by atoms with E-state index in [2.05, 4.69) is 15.8 Å². The number of nitrogens with one attached hydrogen (secondary N) is 2. The summed E-state index contributed by atoms with van der Waals surface area (Å²) in [5.74, 6) is 0.859. The zero-order valence-electron chi connectivity index (χ0n) is 21.0. The van der Waals surface area contributed by atoms with Crippen molar-refractivity contribution < 1.29 is 28.6 Å². The molecule has 0 fully saturated rings. The lowest BCUT2D eigenvalue weighted by Crippen LogP contribution is -2.20. The van der Waals surface area contributed by atoms with Gasteiger partial charge in [-0.3, -0.25) is 9.59 Å². The Hall–Kier alpha value is -5.05. The van der Waals surface area contributed by atoms with Gasteiger partial charge in [0.05, 0.1) is 20.4 Å². The highest BCUT2D eigenvalue weighted by molar-refractivity contribution is 6.02. The molecule has 0 aliphatic rings. The van der Waals surface area contributed by atoms with Gasteiger partial charge in [0.15, 0.2) is 24.7 Å². The second-order valence-corrected chi connectivity index (χ2v) is 8.06. The van der Waals surface area contributed by atoms with E-state index in [1.54, 1.807) is 49.6 Å². The Bertz CT molecular complexity index is 1430. The van der Waals surface area contributed by atoms with E-state index in [9.17, 15) is 9.59 Å². The number of ether oxygens (including phenoxy) is 3. The van der Waals surface area contributed by atoms with Crippen LogP contribution in [0.25, 0.3) is 10.8 Å². The molecule has 2 amide bonds. The third kappa shape index (κ3) is 7.01. The van der Waals surface area contributed by atoms with Crippen LogP contribution in [0.2, 0.25) is 0 Å². The minimum Gasteiger partial charge on any atom is -0.497 e. The van der Waals surface area contributed by atoms with Gasteiger partial charge in [-0.25, -0.2) is 0 Å². The summed E-state index contributed by atoms with van der Waals surface area (Å²) in [4.78, 5) is 29.7. The molecule has 0 aliphatic carbocycles. The summed E-state index contributed by atoms with van der Waals surface area (Å²) in [7, 11) is 3.07. The zero-order chi connectivity index (χ0) is 26.7. The van der Waals surface area contributed by atoms with Crippen LogP contribution in [0.4, 0.5) is 11.4 Å². The van der Waals surface area contributed by atoms with Crippen LogP contribution < -0.4 is 24.8 Å². The van der Waals surface area contributed by atoms with E-state index in [0.29, 0.717) is 34.2 Å². The molecule has 4 aromatic rings. The van der Waals surface area contributed by atoms with Gasteiger partial charge in [-0.2, -0.15) is 0 Å². The van der Waals surface area contributed by atoms with Crippen LogP contribution in [0.3, 0.4) is 0 Å². The SMILES string of the molecule is COc1ccc(NC(=O)COc2ccc(C=NOCC(=O)Nc3cccc4ccccc34)cc2OC)cc1. The van der Waals surface area contributed by atoms with Crippen LogP contribution in [0.1, 0.15) is 5.56 Å². The van der Waals surface area contributed by atoms with Gasteiger partial charge in [0.2, 0.25) is 0 Å². The molecule has 4 rings (SSSR count). The first-order valence-electron chi connectivity index (χ1n) is 11.7. The lowest BCUT2D eigenvalue weighted by molar-refractivity contribution is -0.120. The van der Waals surface area contributed by atoms with Crippen LogP contribution in [-0.2, 0) is 14.4 Å². The largest absolute Gasteiger partial charge is 0.497 e. The van der Waals surface area contributed by atoms with Gasteiger partial charge in [-0.15, -0.1) is 0 Å². The molecule has 0 aromatic heterocycles. The Kier molecular flexibility index (Phi) is 8.75. The fourth-order valence-corrected chi connectivity index (χ4v) is 3.61. The van der Waals surface area contributed by atoms with E-state index in [1.807, 2.05) is 42.5 Å². The first-order chi connectivity index (χ1) is 18.6. The molecule has 9 heteroatoms. The minimum absolute atomic E-state index is 0.204. The number of benzene rings is 4. The average molecular weight is 514 g/mol. The molecule has 0 radical (unpaired) electrons. The fourth-order valence-electron chi connectivity index (χ4n) is 3.61. The van der Waals surface area contributed by atoms with Crippen molar-refractivity contribution in [3.63, 3.8) is 0 Å². The standard InChI is InChI=1S/C29H27N3O6/c1-35-23-13-11-22(12-14-23)31-28(33)18-37-26-15-10-20(16-27(26)36-2)17-30-38-19-29(34)32-25-9-5-7-21-6-3-4-8-24(21)25/h3-17H,18-19H2,1-2H3,(H,31,33)(H,32,34). The first-order valence-corrected chi connectivity index (χ1v) is 11.7. The zero-order valence-corrected chi connectivity index (χ0v) is 21.0. The van der Waals surface area contributed by atoms with E-state index in [4.69, 9.17) is 19.0 Å². The third-order valence-corrected chi connectivity index (χ3v) is 5.46. The van der Waals surface area contributed by atoms with Crippen molar-refractivity contribution in [1.29, 1.82) is 0 Å². The summed E-state index contributed by atoms with van der Waals surface area (Å²) in [6.45, 7) is -0.452. The number of hydrogen-bond donors (Lipinski definition) is 2. The molecule has 0 unspecified atom stereocenters. The number of carbonyl (C=O) groups excluding carboxylic acids is 2. The number of hydrogen-bond acceptors (Lipinski definition) is 7. The lowest BCUT2D eigenvalue weighted by atomic mass is 10.1. The van der Waals surface area contributed by atoms with Crippen molar-refractivity contribution in [2.75, 3.05) is 38.1 Å². The summed E-state index contributed by atoms with van der Waals surface area (Å²) >= 11 is 0. The number of rotatable bonds is 11. The summed E-state index contributed by atoms with van der Waals surface area (Å²) in [5.41, 5.74) is 1.99. The third-order valence-electron chi connectivity index (χ3n) is 5.46. The molecule has 0 atom stereocenters. The molecular formula is C29H27N3O6. The molecule has 194 valence electrons. The number of oxime groups is 1.